The van der Waals surface area contributed by atoms with E-state index >= 15 is 0 Å². The van der Waals surface area contributed by atoms with Crippen molar-refractivity contribution in [2.75, 3.05) is 46.4 Å². The first-order valence-electron chi connectivity index (χ1n) is 10.7. The zero-order valence-electron chi connectivity index (χ0n) is 18.8. The Bertz CT molecular complexity index is 475. The van der Waals surface area contributed by atoms with Crippen LogP contribution < -0.4 is 10.6 Å². The van der Waals surface area contributed by atoms with E-state index in [4.69, 9.17) is 9.47 Å². The maximum absolute atomic E-state index is 12.3. The number of aliphatic imine (C=N–C) groups is 1. The van der Waals surface area contributed by atoms with Gasteiger partial charge in [-0.1, -0.05) is 13.8 Å². The smallest absolute Gasteiger partial charge is 0.410 e. The molecular weight excluding hydrogens is 356 g/mol. The lowest BCUT2D eigenvalue weighted by Gasteiger charge is -2.34. The lowest BCUT2D eigenvalue weighted by atomic mass is 9.95. The van der Waals surface area contributed by atoms with Crippen molar-refractivity contribution in [1.82, 2.24) is 15.5 Å². The number of rotatable bonds is 9. The molecule has 0 saturated carbocycles. The second-order valence-electron chi connectivity index (χ2n) is 8.97. The van der Waals surface area contributed by atoms with Gasteiger partial charge in [-0.05, 0) is 58.3 Å². The molecule has 28 heavy (non-hydrogen) atoms. The minimum Gasteiger partial charge on any atom is -0.444 e. The Hall–Kier alpha value is -1.50. The number of carbonyl (C=O) groups excluding carboxylic acids is 1. The van der Waals surface area contributed by atoms with Crippen LogP contribution in [0.3, 0.4) is 0 Å². The van der Waals surface area contributed by atoms with E-state index in [1.165, 1.54) is 0 Å². The first kappa shape index (κ1) is 24.5. The van der Waals surface area contributed by atoms with Crippen LogP contribution in [0.5, 0.6) is 0 Å². The SMILES string of the molecule is CN=C(NCCCOCC(C)C)NCCC1CCCN(C(=O)OC(C)(C)C)C1. The lowest BCUT2D eigenvalue weighted by molar-refractivity contribution is 0.0162. The molecule has 1 aliphatic heterocycles. The Balaban J connectivity index is 2.21. The molecule has 1 amide bonds. The summed E-state index contributed by atoms with van der Waals surface area (Å²) in [7, 11) is 1.79. The highest BCUT2D eigenvalue weighted by Crippen LogP contribution is 2.21. The molecule has 0 spiro atoms. The van der Waals surface area contributed by atoms with E-state index in [1.807, 2.05) is 25.7 Å². The molecule has 164 valence electrons. The summed E-state index contributed by atoms with van der Waals surface area (Å²) < 4.78 is 11.1. The van der Waals surface area contributed by atoms with Gasteiger partial charge in [0.05, 0.1) is 0 Å². The Morgan fingerprint density at radius 1 is 1.25 bits per heavy atom. The zero-order valence-corrected chi connectivity index (χ0v) is 18.8. The summed E-state index contributed by atoms with van der Waals surface area (Å²) in [4.78, 5) is 18.4. The van der Waals surface area contributed by atoms with Gasteiger partial charge < -0.3 is 25.0 Å². The number of hydrogen-bond donors (Lipinski definition) is 2. The van der Waals surface area contributed by atoms with Gasteiger partial charge in [0, 0.05) is 46.4 Å². The Kier molecular flexibility index (Phi) is 11.3. The third-order valence-corrected chi connectivity index (χ3v) is 4.45. The van der Waals surface area contributed by atoms with Gasteiger partial charge in [0.2, 0.25) is 0 Å². The molecule has 0 aromatic heterocycles. The first-order valence-corrected chi connectivity index (χ1v) is 10.7. The number of nitrogens with zero attached hydrogens (tertiary/aromatic N) is 2. The van der Waals surface area contributed by atoms with Crippen LogP contribution in [-0.4, -0.2) is 69.0 Å². The van der Waals surface area contributed by atoms with Crippen molar-refractivity contribution >= 4 is 12.1 Å². The summed E-state index contributed by atoms with van der Waals surface area (Å²) in [5.74, 6) is 1.90. The minimum absolute atomic E-state index is 0.192. The topological polar surface area (TPSA) is 75.2 Å². The van der Waals surface area contributed by atoms with Crippen molar-refractivity contribution in [2.45, 2.75) is 65.9 Å². The molecule has 1 unspecified atom stereocenters. The van der Waals surface area contributed by atoms with E-state index in [1.54, 1.807) is 7.05 Å². The molecule has 0 aromatic rings. The number of guanidine groups is 1. The van der Waals surface area contributed by atoms with Gasteiger partial charge in [0.15, 0.2) is 5.96 Å². The number of likely N-dealkylation sites (tertiary alicyclic amines) is 1. The summed E-state index contributed by atoms with van der Waals surface area (Å²) in [6, 6.07) is 0. The standard InChI is InChI=1S/C21H42N4O3/c1-17(2)16-27-14-8-11-23-19(22-6)24-12-10-18-9-7-13-25(15-18)20(26)28-21(3,4)5/h17-18H,7-16H2,1-6H3,(H2,22,23,24). The van der Waals surface area contributed by atoms with Crippen LogP contribution in [0.2, 0.25) is 0 Å². The number of hydrogen-bond acceptors (Lipinski definition) is 4. The van der Waals surface area contributed by atoms with Crippen LogP contribution in [0.25, 0.3) is 0 Å². The highest BCUT2D eigenvalue weighted by Gasteiger charge is 2.27. The largest absolute Gasteiger partial charge is 0.444 e. The predicted octanol–water partition coefficient (Wildman–Crippen LogP) is 3.25. The van der Waals surface area contributed by atoms with Crippen molar-refractivity contribution in [1.29, 1.82) is 0 Å². The molecule has 1 heterocycles. The van der Waals surface area contributed by atoms with Crippen LogP contribution in [0.15, 0.2) is 4.99 Å². The van der Waals surface area contributed by atoms with Crippen molar-refractivity contribution in [3.05, 3.63) is 0 Å². The molecule has 1 fully saturated rings. The maximum atomic E-state index is 12.3. The summed E-state index contributed by atoms with van der Waals surface area (Å²) in [5.41, 5.74) is -0.441. The minimum atomic E-state index is -0.441. The van der Waals surface area contributed by atoms with Gasteiger partial charge in [-0.2, -0.15) is 0 Å². The maximum Gasteiger partial charge on any atom is 0.410 e. The molecular formula is C21H42N4O3. The van der Waals surface area contributed by atoms with Crippen LogP contribution in [0, 0.1) is 11.8 Å². The second kappa shape index (κ2) is 12.9. The molecule has 1 aliphatic rings. The number of amides is 1. The fourth-order valence-corrected chi connectivity index (χ4v) is 3.11. The molecule has 1 rings (SSSR count). The normalized spacial score (nSPS) is 18.3. The van der Waals surface area contributed by atoms with Crippen molar-refractivity contribution in [3.8, 4) is 0 Å². The van der Waals surface area contributed by atoms with Gasteiger partial charge in [0.1, 0.15) is 5.60 Å². The van der Waals surface area contributed by atoms with E-state index in [-0.39, 0.29) is 6.09 Å². The van der Waals surface area contributed by atoms with Gasteiger partial charge in [-0.25, -0.2) is 4.79 Å². The number of carbonyl (C=O) groups is 1. The summed E-state index contributed by atoms with van der Waals surface area (Å²) in [5, 5.41) is 6.69. The number of nitrogens with one attached hydrogen (secondary N) is 2. The van der Waals surface area contributed by atoms with Crippen molar-refractivity contribution < 1.29 is 14.3 Å². The highest BCUT2D eigenvalue weighted by atomic mass is 16.6. The molecule has 0 aliphatic carbocycles. The fraction of sp³-hybridized carbons (Fsp3) is 0.905. The summed E-state index contributed by atoms with van der Waals surface area (Å²) in [6.45, 7) is 14.9. The van der Waals surface area contributed by atoms with Crippen molar-refractivity contribution in [3.63, 3.8) is 0 Å². The molecule has 1 saturated heterocycles. The van der Waals surface area contributed by atoms with E-state index in [2.05, 4.69) is 29.5 Å². The van der Waals surface area contributed by atoms with Gasteiger partial charge in [0.25, 0.3) is 0 Å². The molecule has 0 radical (unpaired) electrons. The molecule has 2 N–H and O–H groups in total. The van der Waals surface area contributed by atoms with Gasteiger partial charge in [-0.3, -0.25) is 4.99 Å². The fourth-order valence-electron chi connectivity index (χ4n) is 3.11. The van der Waals surface area contributed by atoms with Crippen LogP contribution in [0.1, 0.15) is 60.3 Å². The summed E-state index contributed by atoms with van der Waals surface area (Å²) >= 11 is 0. The van der Waals surface area contributed by atoms with Gasteiger partial charge in [-0.15, -0.1) is 0 Å². The number of ether oxygens (including phenoxy) is 2. The predicted molar refractivity (Wildman–Crippen MR) is 115 cm³/mol. The number of piperidine rings is 1. The quantitative estimate of drug-likeness (QED) is 0.354. The van der Waals surface area contributed by atoms with E-state index in [0.717, 1.165) is 71.0 Å². The van der Waals surface area contributed by atoms with Crippen molar-refractivity contribution in [2.24, 2.45) is 16.8 Å². The molecule has 1 atom stereocenters. The monoisotopic (exact) mass is 398 g/mol. The van der Waals surface area contributed by atoms with Gasteiger partial charge >= 0.3 is 6.09 Å². The van der Waals surface area contributed by atoms with E-state index < -0.39 is 5.60 Å². The highest BCUT2D eigenvalue weighted by molar-refractivity contribution is 5.79. The molecule has 0 aromatic carbocycles. The molecule has 0 bridgehead atoms. The molecule has 7 heteroatoms. The lowest BCUT2D eigenvalue weighted by Crippen LogP contribution is -2.44. The van der Waals surface area contributed by atoms with Crippen LogP contribution in [-0.2, 0) is 9.47 Å². The zero-order chi connectivity index (χ0) is 21.0. The van der Waals surface area contributed by atoms with E-state index in [9.17, 15) is 4.79 Å². The Morgan fingerprint density at radius 3 is 2.61 bits per heavy atom. The van der Waals surface area contributed by atoms with Crippen LogP contribution >= 0.6 is 0 Å². The molecule has 7 nitrogen and oxygen atoms in total. The Labute approximate surface area is 171 Å². The average molecular weight is 399 g/mol. The van der Waals surface area contributed by atoms with Crippen LogP contribution in [0.4, 0.5) is 4.79 Å². The Morgan fingerprint density at radius 2 is 1.96 bits per heavy atom. The van der Waals surface area contributed by atoms with E-state index in [0.29, 0.717) is 11.8 Å². The average Bonchev–Trinajstić information content (AvgIpc) is 2.61. The third kappa shape index (κ3) is 11.4. The first-order chi connectivity index (χ1) is 13.2. The summed E-state index contributed by atoms with van der Waals surface area (Å²) in [6.07, 6.45) is 3.97. The second-order valence-corrected chi connectivity index (χ2v) is 8.97. The third-order valence-electron chi connectivity index (χ3n) is 4.45.